The first-order valence-corrected chi connectivity index (χ1v) is 10.6. The molecule has 1 N–H and O–H groups in total. The van der Waals surface area contributed by atoms with E-state index in [1.165, 1.54) is 11.3 Å². The third-order valence-corrected chi connectivity index (χ3v) is 5.77. The van der Waals surface area contributed by atoms with Crippen molar-refractivity contribution < 1.29 is 9.53 Å². The van der Waals surface area contributed by atoms with Gasteiger partial charge in [0.05, 0.1) is 0 Å². The van der Waals surface area contributed by atoms with Crippen LogP contribution < -0.4 is 10.1 Å². The fraction of sp³-hybridized carbons (Fsp3) is 0.250. The lowest BCUT2D eigenvalue weighted by Gasteiger charge is -2.11. The molecule has 2 aromatic carbocycles. The minimum absolute atomic E-state index is 0.0816. The van der Waals surface area contributed by atoms with Crippen LogP contribution in [0.3, 0.4) is 0 Å². The van der Waals surface area contributed by atoms with E-state index in [0.717, 1.165) is 34.1 Å². The molecule has 0 fully saturated rings. The molecule has 0 radical (unpaired) electrons. The molecule has 140 valence electrons. The van der Waals surface area contributed by atoms with E-state index in [0.29, 0.717) is 10.9 Å². The highest BCUT2D eigenvalue weighted by atomic mass is 32.2. The Morgan fingerprint density at radius 3 is 2.70 bits per heavy atom. The van der Waals surface area contributed by atoms with Crippen LogP contribution >= 0.6 is 23.1 Å². The van der Waals surface area contributed by atoms with Gasteiger partial charge in [-0.2, -0.15) is 0 Å². The van der Waals surface area contributed by atoms with E-state index in [-0.39, 0.29) is 12.5 Å². The van der Waals surface area contributed by atoms with Gasteiger partial charge in [-0.05, 0) is 18.1 Å². The molecule has 0 aliphatic carbocycles. The van der Waals surface area contributed by atoms with Crippen molar-refractivity contribution in [1.82, 2.24) is 10.2 Å². The molecule has 7 heteroatoms. The van der Waals surface area contributed by atoms with Crippen LogP contribution in [-0.4, -0.2) is 28.5 Å². The molecule has 0 bridgehead atoms. The van der Waals surface area contributed by atoms with Crippen LogP contribution in [0.25, 0.3) is 11.1 Å². The summed E-state index contributed by atoms with van der Waals surface area (Å²) in [5.74, 6) is 1.43. The number of nitrogens with zero attached hydrogens (tertiary/aromatic N) is 2. The SMILES string of the molecule is CCCCSc1nnc(NC(=O)COc2ccccc2-c2ccccc2)s1. The lowest BCUT2D eigenvalue weighted by molar-refractivity contribution is -0.118. The highest BCUT2D eigenvalue weighted by molar-refractivity contribution is 8.01. The quantitative estimate of drug-likeness (QED) is 0.307. The van der Waals surface area contributed by atoms with Gasteiger partial charge in [-0.15, -0.1) is 10.2 Å². The van der Waals surface area contributed by atoms with Crippen LogP contribution in [0, 0.1) is 0 Å². The van der Waals surface area contributed by atoms with Crippen molar-refractivity contribution in [2.45, 2.75) is 24.1 Å². The number of nitrogens with one attached hydrogen (secondary N) is 1. The first kappa shape index (κ1) is 19.4. The van der Waals surface area contributed by atoms with Gasteiger partial charge in [0.15, 0.2) is 10.9 Å². The minimum atomic E-state index is -0.251. The average Bonchev–Trinajstić information content (AvgIpc) is 3.14. The first-order valence-electron chi connectivity index (χ1n) is 8.79. The van der Waals surface area contributed by atoms with Crippen molar-refractivity contribution in [3.8, 4) is 16.9 Å². The predicted molar refractivity (Wildman–Crippen MR) is 112 cm³/mol. The van der Waals surface area contributed by atoms with Gasteiger partial charge in [-0.3, -0.25) is 10.1 Å². The zero-order chi connectivity index (χ0) is 18.9. The number of para-hydroxylation sites is 1. The highest BCUT2D eigenvalue weighted by Gasteiger charge is 2.11. The number of aromatic nitrogens is 2. The molecule has 0 spiro atoms. The van der Waals surface area contributed by atoms with Crippen LogP contribution in [0.15, 0.2) is 58.9 Å². The predicted octanol–water partition coefficient (Wildman–Crippen LogP) is 5.11. The van der Waals surface area contributed by atoms with Crippen LogP contribution in [0.5, 0.6) is 5.75 Å². The number of benzene rings is 2. The van der Waals surface area contributed by atoms with E-state index in [9.17, 15) is 4.79 Å². The molecule has 1 aromatic heterocycles. The molecular weight excluding hydrogens is 378 g/mol. The molecule has 27 heavy (non-hydrogen) atoms. The van der Waals surface area contributed by atoms with E-state index in [1.807, 2.05) is 54.6 Å². The number of ether oxygens (including phenoxy) is 1. The Bertz CT molecular complexity index is 868. The number of rotatable bonds is 9. The van der Waals surface area contributed by atoms with E-state index in [2.05, 4.69) is 22.4 Å². The number of carbonyl (C=O) groups is 1. The summed E-state index contributed by atoms with van der Waals surface area (Å²) in [5.41, 5.74) is 2.00. The summed E-state index contributed by atoms with van der Waals surface area (Å²) >= 11 is 3.05. The fourth-order valence-corrected chi connectivity index (χ4v) is 4.29. The second-order valence-corrected chi connectivity index (χ2v) is 8.09. The van der Waals surface area contributed by atoms with Crippen molar-refractivity contribution in [2.24, 2.45) is 0 Å². The van der Waals surface area contributed by atoms with Gasteiger partial charge in [-0.25, -0.2) is 0 Å². The molecule has 1 heterocycles. The highest BCUT2D eigenvalue weighted by Crippen LogP contribution is 2.30. The Labute approximate surface area is 167 Å². The van der Waals surface area contributed by atoms with Gasteiger partial charge in [-0.1, -0.05) is 85.0 Å². The van der Waals surface area contributed by atoms with Gasteiger partial charge >= 0.3 is 0 Å². The Kier molecular flexibility index (Phi) is 7.24. The van der Waals surface area contributed by atoms with Crippen LogP contribution in [0.2, 0.25) is 0 Å². The largest absolute Gasteiger partial charge is 0.483 e. The zero-order valence-electron chi connectivity index (χ0n) is 15.1. The first-order chi connectivity index (χ1) is 13.3. The number of hydrogen-bond acceptors (Lipinski definition) is 6. The van der Waals surface area contributed by atoms with E-state index in [1.54, 1.807) is 11.8 Å². The molecule has 0 saturated carbocycles. The summed E-state index contributed by atoms with van der Waals surface area (Å²) in [4.78, 5) is 12.2. The van der Waals surface area contributed by atoms with Crippen molar-refractivity contribution >= 4 is 34.1 Å². The van der Waals surface area contributed by atoms with E-state index in [4.69, 9.17) is 4.74 Å². The zero-order valence-corrected chi connectivity index (χ0v) is 16.7. The summed E-state index contributed by atoms with van der Waals surface area (Å²) in [6.45, 7) is 2.07. The molecule has 5 nitrogen and oxygen atoms in total. The van der Waals surface area contributed by atoms with Crippen molar-refractivity contribution in [3.05, 3.63) is 54.6 Å². The average molecular weight is 400 g/mol. The molecule has 1 amide bonds. The maximum Gasteiger partial charge on any atom is 0.264 e. The second kappa shape index (κ2) is 10.1. The van der Waals surface area contributed by atoms with Crippen LogP contribution in [0.1, 0.15) is 19.8 Å². The lowest BCUT2D eigenvalue weighted by atomic mass is 10.1. The topological polar surface area (TPSA) is 64.1 Å². The minimum Gasteiger partial charge on any atom is -0.483 e. The smallest absolute Gasteiger partial charge is 0.264 e. The molecular formula is C20H21N3O2S2. The van der Waals surface area contributed by atoms with Crippen molar-refractivity contribution in [3.63, 3.8) is 0 Å². The molecule has 3 rings (SSSR count). The lowest BCUT2D eigenvalue weighted by Crippen LogP contribution is -2.20. The van der Waals surface area contributed by atoms with E-state index < -0.39 is 0 Å². The Morgan fingerprint density at radius 2 is 1.89 bits per heavy atom. The Morgan fingerprint density at radius 1 is 1.11 bits per heavy atom. The molecule has 0 saturated heterocycles. The number of thioether (sulfide) groups is 1. The van der Waals surface area contributed by atoms with Gasteiger partial charge < -0.3 is 4.74 Å². The molecule has 0 aliphatic heterocycles. The van der Waals surface area contributed by atoms with Crippen molar-refractivity contribution in [2.75, 3.05) is 17.7 Å². The monoisotopic (exact) mass is 399 g/mol. The summed E-state index contributed by atoms with van der Waals surface area (Å²) in [7, 11) is 0. The molecule has 0 aliphatic rings. The van der Waals surface area contributed by atoms with Gasteiger partial charge in [0.1, 0.15) is 5.75 Å². The number of anilines is 1. The number of hydrogen-bond donors (Lipinski definition) is 1. The number of unbranched alkanes of at least 4 members (excludes halogenated alkanes) is 1. The second-order valence-electron chi connectivity index (χ2n) is 5.77. The Balaban J connectivity index is 1.56. The third-order valence-electron chi connectivity index (χ3n) is 3.71. The summed E-state index contributed by atoms with van der Waals surface area (Å²) < 4.78 is 6.62. The normalized spacial score (nSPS) is 10.6. The molecule has 0 atom stereocenters. The fourth-order valence-electron chi connectivity index (χ4n) is 2.37. The maximum absolute atomic E-state index is 12.2. The van der Waals surface area contributed by atoms with Crippen molar-refractivity contribution in [1.29, 1.82) is 0 Å². The van der Waals surface area contributed by atoms with E-state index >= 15 is 0 Å². The van der Waals surface area contributed by atoms with Crippen LogP contribution in [0.4, 0.5) is 5.13 Å². The summed E-state index contributed by atoms with van der Waals surface area (Å²) in [5, 5.41) is 11.4. The van der Waals surface area contributed by atoms with Gasteiger partial charge in [0.25, 0.3) is 5.91 Å². The van der Waals surface area contributed by atoms with Gasteiger partial charge in [0.2, 0.25) is 5.13 Å². The third kappa shape index (κ3) is 5.80. The summed E-state index contributed by atoms with van der Waals surface area (Å²) in [6, 6.07) is 17.6. The number of amides is 1. The summed E-state index contributed by atoms with van der Waals surface area (Å²) in [6.07, 6.45) is 2.29. The molecule has 3 aromatic rings. The standard InChI is InChI=1S/C20H21N3O2S2/c1-2-3-13-26-20-23-22-19(27-20)21-18(24)14-25-17-12-8-7-11-16(17)15-9-5-4-6-10-15/h4-12H,2-3,13-14H2,1H3,(H,21,22,24). The maximum atomic E-state index is 12.2. The molecule has 0 unspecified atom stereocenters. The number of carbonyl (C=O) groups excluding carboxylic acids is 1. The Hall–Kier alpha value is -2.38. The van der Waals surface area contributed by atoms with Crippen LogP contribution in [-0.2, 0) is 4.79 Å². The van der Waals surface area contributed by atoms with Gasteiger partial charge in [0, 0.05) is 11.3 Å².